The fourth-order valence-corrected chi connectivity index (χ4v) is 2.30. The molecule has 0 spiro atoms. The molecule has 4 nitrogen and oxygen atoms in total. The number of benzene rings is 1. The van der Waals surface area contributed by atoms with Crippen LogP contribution in [0.3, 0.4) is 0 Å². The lowest BCUT2D eigenvalue weighted by Crippen LogP contribution is -1.90. The molecule has 0 aliphatic heterocycles. The highest BCUT2D eigenvalue weighted by atomic mass is 32.1. The Kier molecular flexibility index (Phi) is 2.23. The van der Waals surface area contributed by atoms with E-state index in [1.807, 2.05) is 24.3 Å². The molecule has 16 heavy (non-hydrogen) atoms. The van der Waals surface area contributed by atoms with E-state index in [-0.39, 0.29) is 0 Å². The van der Waals surface area contributed by atoms with Crippen LogP contribution in [0, 0.1) is 0 Å². The van der Waals surface area contributed by atoms with Crippen LogP contribution in [-0.2, 0) is 0 Å². The van der Waals surface area contributed by atoms with Gasteiger partial charge in [0.25, 0.3) is 0 Å². The standard InChI is InChI=1S/C11H8N4S/c1-2-4-10-9(3-1)15-11(16-10)14-8-5-6-12-13-7-8/h1-7H,(H,12,14,15). The van der Waals surface area contributed by atoms with Gasteiger partial charge in [0.05, 0.1) is 28.3 Å². The summed E-state index contributed by atoms with van der Waals surface area (Å²) in [6, 6.07) is 9.92. The van der Waals surface area contributed by atoms with Crippen molar-refractivity contribution in [1.82, 2.24) is 15.2 Å². The smallest absolute Gasteiger partial charge is 0.188 e. The van der Waals surface area contributed by atoms with Crippen LogP contribution in [0.2, 0.25) is 0 Å². The Balaban J connectivity index is 1.95. The van der Waals surface area contributed by atoms with Crippen LogP contribution < -0.4 is 5.32 Å². The van der Waals surface area contributed by atoms with Crippen LogP contribution >= 0.6 is 11.3 Å². The summed E-state index contributed by atoms with van der Waals surface area (Å²) in [7, 11) is 0. The maximum atomic E-state index is 4.47. The Morgan fingerprint density at radius 1 is 1.06 bits per heavy atom. The lowest BCUT2D eigenvalue weighted by molar-refractivity contribution is 1.03. The average Bonchev–Trinajstić information content (AvgIpc) is 2.72. The molecule has 2 aromatic heterocycles. The molecule has 0 radical (unpaired) electrons. The first kappa shape index (κ1) is 9.23. The molecule has 5 heteroatoms. The van der Waals surface area contributed by atoms with Gasteiger partial charge in [-0.1, -0.05) is 23.5 Å². The normalized spacial score (nSPS) is 10.5. The van der Waals surface area contributed by atoms with E-state index in [9.17, 15) is 0 Å². The summed E-state index contributed by atoms with van der Waals surface area (Å²) >= 11 is 1.62. The SMILES string of the molecule is c1ccc2sc(Nc3ccnnc3)nc2c1. The molecule has 3 rings (SSSR count). The van der Waals surface area contributed by atoms with E-state index in [1.54, 1.807) is 23.7 Å². The molecule has 0 bridgehead atoms. The zero-order chi connectivity index (χ0) is 10.8. The molecule has 0 fully saturated rings. The Labute approximate surface area is 96.0 Å². The van der Waals surface area contributed by atoms with E-state index in [0.717, 1.165) is 16.3 Å². The van der Waals surface area contributed by atoms with Gasteiger partial charge in [-0.2, -0.15) is 10.2 Å². The predicted molar refractivity (Wildman–Crippen MR) is 64.9 cm³/mol. The van der Waals surface area contributed by atoms with Gasteiger partial charge in [0, 0.05) is 0 Å². The van der Waals surface area contributed by atoms with E-state index in [0.29, 0.717) is 0 Å². The summed E-state index contributed by atoms with van der Waals surface area (Å²) in [6.45, 7) is 0. The highest BCUT2D eigenvalue weighted by Crippen LogP contribution is 2.27. The van der Waals surface area contributed by atoms with Crippen molar-refractivity contribution >= 4 is 32.4 Å². The molecule has 0 aliphatic rings. The minimum atomic E-state index is 0.870. The second-order valence-corrected chi connectivity index (χ2v) is 4.27. The number of nitrogens with zero attached hydrogens (tertiary/aromatic N) is 3. The van der Waals surface area contributed by atoms with Gasteiger partial charge in [-0.15, -0.1) is 0 Å². The van der Waals surface area contributed by atoms with Crippen LogP contribution in [0.5, 0.6) is 0 Å². The Morgan fingerprint density at radius 3 is 2.81 bits per heavy atom. The number of hydrogen-bond acceptors (Lipinski definition) is 5. The number of anilines is 2. The first-order chi connectivity index (χ1) is 7.92. The van der Waals surface area contributed by atoms with Gasteiger partial charge >= 0.3 is 0 Å². The number of para-hydroxylation sites is 1. The summed E-state index contributed by atoms with van der Waals surface area (Å²) in [6.07, 6.45) is 3.32. The van der Waals surface area contributed by atoms with Gasteiger partial charge in [-0.25, -0.2) is 4.98 Å². The first-order valence-electron chi connectivity index (χ1n) is 4.81. The van der Waals surface area contributed by atoms with Gasteiger partial charge in [-0.05, 0) is 18.2 Å². The summed E-state index contributed by atoms with van der Waals surface area (Å²) < 4.78 is 1.17. The second kappa shape index (κ2) is 3.86. The van der Waals surface area contributed by atoms with Crippen molar-refractivity contribution in [3.05, 3.63) is 42.7 Å². The summed E-state index contributed by atoms with van der Waals surface area (Å²) in [5.74, 6) is 0. The summed E-state index contributed by atoms with van der Waals surface area (Å²) in [4.78, 5) is 4.47. The second-order valence-electron chi connectivity index (χ2n) is 3.24. The predicted octanol–water partition coefficient (Wildman–Crippen LogP) is 2.83. The monoisotopic (exact) mass is 228 g/mol. The van der Waals surface area contributed by atoms with Crippen molar-refractivity contribution in [2.24, 2.45) is 0 Å². The van der Waals surface area contributed by atoms with Crippen LogP contribution in [0.25, 0.3) is 10.2 Å². The minimum Gasteiger partial charge on any atom is -0.330 e. The van der Waals surface area contributed by atoms with E-state index < -0.39 is 0 Å². The third-order valence-electron chi connectivity index (χ3n) is 2.13. The molecule has 1 N–H and O–H groups in total. The van der Waals surface area contributed by atoms with Crippen LogP contribution in [-0.4, -0.2) is 15.2 Å². The quantitative estimate of drug-likeness (QED) is 0.732. The van der Waals surface area contributed by atoms with E-state index in [1.165, 1.54) is 4.70 Å². The summed E-state index contributed by atoms with van der Waals surface area (Å²) in [5.41, 5.74) is 1.91. The lowest BCUT2D eigenvalue weighted by Gasteiger charge is -1.98. The van der Waals surface area contributed by atoms with E-state index in [2.05, 4.69) is 26.6 Å². The van der Waals surface area contributed by atoms with Crippen molar-refractivity contribution in [2.75, 3.05) is 5.32 Å². The number of aromatic nitrogens is 3. The molecule has 0 atom stereocenters. The van der Waals surface area contributed by atoms with Gasteiger partial charge in [0.2, 0.25) is 0 Å². The molecule has 0 unspecified atom stereocenters. The molecule has 0 saturated carbocycles. The largest absolute Gasteiger partial charge is 0.330 e. The number of hydrogen-bond donors (Lipinski definition) is 1. The van der Waals surface area contributed by atoms with Crippen molar-refractivity contribution < 1.29 is 0 Å². The van der Waals surface area contributed by atoms with Crippen molar-refractivity contribution in [1.29, 1.82) is 0 Å². The molecule has 2 heterocycles. The highest BCUT2D eigenvalue weighted by molar-refractivity contribution is 7.22. The average molecular weight is 228 g/mol. The minimum absolute atomic E-state index is 0.870. The molecule has 0 amide bonds. The van der Waals surface area contributed by atoms with Gasteiger partial charge < -0.3 is 5.32 Å². The molecule has 0 aliphatic carbocycles. The third-order valence-corrected chi connectivity index (χ3v) is 3.08. The van der Waals surface area contributed by atoms with Crippen LogP contribution in [0.1, 0.15) is 0 Å². The molecule has 3 aromatic rings. The van der Waals surface area contributed by atoms with E-state index >= 15 is 0 Å². The maximum Gasteiger partial charge on any atom is 0.188 e. The van der Waals surface area contributed by atoms with Crippen molar-refractivity contribution in [3.8, 4) is 0 Å². The van der Waals surface area contributed by atoms with Gasteiger partial charge in [0.15, 0.2) is 5.13 Å². The maximum absolute atomic E-state index is 4.47. The summed E-state index contributed by atoms with van der Waals surface area (Å²) in [5, 5.41) is 11.6. The van der Waals surface area contributed by atoms with Gasteiger partial charge in [0.1, 0.15) is 0 Å². The topological polar surface area (TPSA) is 50.7 Å². The number of thiazole rings is 1. The molecule has 78 valence electrons. The molecular formula is C11H8N4S. The number of rotatable bonds is 2. The fourth-order valence-electron chi connectivity index (χ4n) is 1.41. The van der Waals surface area contributed by atoms with Crippen molar-refractivity contribution in [2.45, 2.75) is 0 Å². The van der Waals surface area contributed by atoms with Crippen LogP contribution in [0.15, 0.2) is 42.7 Å². The molecule has 0 saturated heterocycles. The zero-order valence-electron chi connectivity index (χ0n) is 8.29. The highest BCUT2D eigenvalue weighted by Gasteiger charge is 2.02. The lowest BCUT2D eigenvalue weighted by atomic mass is 10.3. The van der Waals surface area contributed by atoms with Crippen LogP contribution in [0.4, 0.5) is 10.8 Å². The Bertz CT molecular complexity index is 572. The van der Waals surface area contributed by atoms with E-state index in [4.69, 9.17) is 0 Å². The van der Waals surface area contributed by atoms with Gasteiger partial charge in [-0.3, -0.25) is 0 Å². The molecular weight excluding hydrogens is 220 g/mol. The zero-order valence-corrected chi connectivity index (χ0v) is 9.11. The van der Waals surface area contributed by atoms with Crippen molar-refractivity contribution in [3.63, 3.8) is 0 Å². The first-order valence-corrected chi connectivity index (χ1v) is 5.63. The number of fused-ring (bicyclic) bond motifs is 1. The third kappa shape index (κ3) is 1.72. The number of nitrogens with one attached hydrogen (secondary N) is 1. The Hall–Kier alpha value is -2.01. The Morgan fingerprint density at radius 2 is 2.00 bits per heavy atom. The fraction of sp³-hybridized carbons (Fsp3) is 0. The molecule has 1 aromatic carbocycles.